The fourth-order valence-electron chi connectivity index (χ4n) is 0.687. The van der Waals surface area contributed by atoms with Crippen molar-refractivity contribution in [3.8, 4) is 0 Å². The van der Waals surface area contributed by atoms with Gasteiger partial charge in [-0.15, -0.1) is 0 Å². The molecular formula is C8H11Cl3O2. The minimum atomic E-state index is -1.19. The van der Waals surface area contributed by atoms with Crippen LogP contribution in [-0.4, -0.2) is 15.9 Å². The third-order valence-corrected chi connectivity index (χ3v) is 2.55. The van der Waals surface area contributed by atoms with Crippen LogP contribution in [0.5, 0.6) is 0 Å². The van der Waals surface area contributed by atoms with E-state index in [0.29, 0.717) is 0 Å². The quantitative estimate of drug-likeness (QED) is 0.598. The zero-order valence-electron chi connectivity index (χ0n) is 7.57. The number of allylic oxidation sites excluding steroid dienone is 1. The highest BCUT2D eigenvalue weighted by Crippen LogP contribution is 2.34. The molecule has 0 spiro atoms. The lowest BCUT2D eigenvalue weighted by Crippen LogP contribution is -2.16. The van der Waals surface area contributed by atoms with E-state index in [1.807, 2.05) is 0 Å². The van der Waals surface area contributed by atoms with Gasteiger partial charge in [-0.1, -0.05) is 55.6 Å². The van der Waals surface area contributed by atoms with Crippen LogP contribution in [-0.2, 0) is 4.79 Å². The van der Waals surface area contributed by atoms with Gasteiger partial charge in [0.05, 0.1) is 5.57 Å². The summed E-state index contributed by atoms with van der Waals surface area (Å²) in [5, 5.41) is 8.94. The Labute approximate surface area is 92.5 Å². The van der Waals surface area contributed by atoms with Crippen LogP contribution < -0.4 is 0 Å². The summed E-state index contributed by atoms with van der Waals surface area (Å²) in [6.07, 6.45) is 0. The normalized spacial score (nSPS) is 14.4. The van der Waals surface area contributed by atoms with Gasteiger partial charge in [0, 0.05) is 5.03 Å². The Morgan fingerprint density at radius 3 is 1.77 bits per heavy atom. The van der Waals surface area contributed by atoms with Crippen molar-refractivity contribution in [2.75, 3.05) is 0 Å². The van der Waals surface area contributed by atoms with E-state index in [4.69, 9.17) is 39.9 Å². The number of carboxylic acid groups (broad SMARTS) is 1. The van der Waals surface area contributed by atoms with E-state index in [9.17, 15) is 4.79 Å². The van der Waals surface area contributed by atoms with Gasteiger partial charge in [0.25, 0.3) is 0 Å². The summed E-state index contributed by atoms with van der Waals surface area (Å²) in [4.78, 5) is 9.61. The molecule has 0 fully saturated rings. The molecule has 0 aliphatic heterocycles. The molecule has 0 aliphatic carbocycles. The molecule has 0 atom stereocenters. The monoisotopic (exact) mass is 244 g/mol. The molecule has 0 heterocycles. The number of aliphatic carboxylic acids is 1. The summed E-state index contributed by atoms with van der Waals surface area (Å²) >= 11 is 16.8. The topological polar surface area (TPSA) is 37.3 Å². The molecular weight excluding hydrogens is 234 g/mol. The van der Waals surface area contributed by atoms with Crippen LogP contribution in [0.3, 0.4) is 0 Å². The first-order chi connectivity index (χ1) is 5.68. The van der Waals surface area contributed by atoms with E-state index in [0.717, 1.165) is 0 Å². The smallest absolute Gasteiger partial charge is 0.335 e. The Morgan fingerprint density at radius 1 is 1.31 bits per heavy atom. The fourth-order valence-corrected chi connectivity index (χ4v) is 1.39. The average molecular weight is 246 g/mol. The van der Waals surface area contributed by atoms with E-state index in [2.05, 4.69) is 0 Å². The van der Waals surface area contributed by atoms with Crippen molar-refractivity contribution in [3.63, 3.8) is 0 Å². The third kappa shape index (κ3) is 3.75. The second kappa shape index (κ2) is 4.54. The van der Waals surface area contributed by atoms with Gasteiger partial charge < -0.3 is 5.11 Å². The molecule has 0 aromatic heterocycles. The molecule has 76 valence electrons. The summed E-state index contributed by atoms with van der Waals surface area (Å²) in [6.45, 7) is 5.36. The van der Waals surface area contributed by atoms with Crippen LogP contribution in [0.2, 0.25) is 0 Å². The van der Waals surface area contributed by atoms with E-state index in [-0.39, 0.29) is 10.6 Å². The molecule has 0 rings (SSSR count). The summed E-state index contributed by atoms with van der Waals surface area (Å²) in [7, 11) is 0. The highest BCUT2D eigenvalue weighted by molar-refractivity contribution is 6.49. The Balaban J connectivity index is 5.23. The number of hydrogen-bond donors (Lipinski definition) is 1. The van der Waals surface area contributed by atoms with Crippen molar-refractivity contribution in [1.29, 1.82) is 0 Å². The van der Waals surface area contributed by atoms with Gasteiger partial charge in [-0.3, -0.25) is 0 Å². The van der Waals surface area contributed by atoms with Crippen molar-refractivity contribution in [2.24, 2.45) is 5.41 Å². The Bertz CT molecular complexity index is 238. The average Bonchev–Trinajstić information content (AvgIpc) is 1.82. The van der Waals surface area contributed by atoms with Gasteiger partial charge in [-0.2, -0.15) is 0 Å². The van der Waals surface area contributed by atoms with E-state index < -0.39 is 16.2 Å². The molecule has 0 aromatic carbocycles. The lowest BCUT2D eigenvalue weighted by molar-refractivity contribution is -0.132. The standard InChI is InChI=1S/C8H11Cl3O2/c1-8(2,3)5(9)4(6(10)11)7(12)13/h6H,1-3H3,(H,12,13). The van der Waals surface area contributed by atoms with Crippen LogP contribution in [0, 0.1) is 5.41 Å². The zero-order chi connectivity index (χ0) is 10.8. The van der Waals surface area contributed by atoms with Gasteiger partial charge in [-0.05, 0) is 5.41 Å². The van der Waals surface area contributed by atoms with E-state index in [1.54, 1.807) is 20.8 Å². The predicted octanol–water partition coefficient (Wildman–Crippen LogP) is 3.41. The minimum absolute atomic E-state index is 0.155. The fraction of sp³-hybridized carbons (Fsp3) is 0.625. The van der Waals surface area contributed by atoms with Crippen LogP contribution >= 0.6 is 34.8 Å². The van der Waals surface area contributed by atoms with Crippen LogP contribution in [0.15, 0.2) is 10.6 Å². The molecule has 0 aromatic rings. The van der Waals surface area contributed by atoms with Crippen molar-refractivity contribution >= 4 is 40.8 Å². The first-order valence-electron chi connectivity index (χ1n) is 3.59. The first-order valence-corrected chi connectivity index (χ1v) is 4.84. The maximum absolute atomic E-state index is 10.7. The van der Waals surface area contributed by atoms with Crippen molar-refractivity contribution in [2.45, 2.75) is 25.6 Å². The Hall–Kier alpha value is 0.0800. The molecule has 0 bridgehead atoms. The van der Waals surface area contributed by atoms with E-state index >= 15 is 0 Å². The van der Waals surface area contributed by atoms with Gasteiger partial charge in [0.15, 0.2) is 0 Å². The number of alkyl halides is 2. The number of carboxylic acids is 1. The number of rotatable bonds is 2. The summed E-state index contributed by atoms with van der Waals surface area (Å²) in [5.41, 5.74) is -0.616. The maximum atomic E-state index is 10.7. The van der Waals surface area contributed by atoms with Crippen LogP contribution in [0.1, 0.15) is 20.8 Å². The first kappa shape index (κ1) is 13.1. The lowest BCUT2D eigenvalue weighted by Gasteiger charge is -2.20. The third-order valence-electron chi connectivity index (χ3n) is 1.34. The Morgan fingerprint density at radius 2 is 1.69 bits per heavy atom. The summed E-state index contributed by atoms with van der Waals surface area (Å²) in [5.74, 6) is -1.19. The van der Waals surface area contributed by atoms with Gasteiger partial charge in [-0.25, -0.2) is 4.79 Å². The maximum Gasteiger partial charge on any atom is 0.335 e. The molecule has 2 nitrogen and oxygen atoms in total. The van der Waals surface area contributed by atoms with Crippen molar-refractivity contribution in [3.05, 3.63) is 10.6 Å². The molecule has 5 heteroatoms. The zero-order valence-corrected chi connectivity index (χ0v) is 9.83. The predicted molar refractivity (Wildman–Crippen MR) is 55.5 cm³/mol. The Kier molecular flexibility index (Phi) is 4.56. The summed E-state index contributed by atoms with van der Waals surface area (Å²) in [6, 6.07) is 0. The molecule has 0 aliphatic rings. The van der Waals surface area contributed by atoms with E-state index in [1.165, 1.54) is 0 Å². The van der Waals surface area contributed by atoms with Gasteiger partial charge in [0.2, 0.25) is 0 Å². The van der Waals surface area contributed by atoms with Crippen LogP contribution in [0.25, 0.3) is 0 Å². The second-order valence-electron chi connectivity index (χ2n) is 3.58. The molecule has 0 amide bonds. The van der Waals surface area contributed by atoms with Crippen LogP contribution in [0.4, 0.5) is 0 Å². The summed E-state index contributed by atoms with van der Waals surface area (Å²) < 4.78 is 0. The SMILES string of the molecule is CC(C)(C)C(Cl)=C(C(=O)O)C(Cl)Cl. The van der Waals surface area contributed by atoms with Gasteiger partial charge in [0.1, 0.15) is 4.84 Å². The largest absolute Gasteiger partial charge is 0.478 e. The molecule has 0 radical (unpaired) electrons. The molecule has 0 saturated carbocycles. The van der Waals surface area contributed by atoms with Crippen molar-refractivity contribution in [1.82, 2.24) is 0 Å². The lowest BCUT2D eigenvalue weighted by atomic mass is 9.93. The minimum Gasteiger partial charge on any atom is -0.478 e. The number of hydrogen-bond acceptors (Lipinski definition) is 1. The molecule has 13 heavy (non-hydrogen) atoms. The molecule has 0 unspecified atom stereocenters. The molecule has 0 saturated heterocycles. The highest BCUT2D eigenvalue weighted by atomic mass is 35.5. The second-order valence-corrected chi connectivity index (χ2v) is 5.06. The number of carbonyl (C=O) groups is 1. The molecule has 1 N–H and O–H groups in total. The van der Waals surface area contributed by atoms with Crippen molar-refractivity contribution < 1.29 is 9.90 Å². The van der Waals surface area contributed by atoms with Gasteiger partial charge >= 0.3 is 5.97 Å². The highest BCUT2D eigenvalue weighted by Gasteiger charge is 2.27. The number of halogens is 3.